The summed E-state index contributed by atoms with van der Waals surface area (Å²) in [6, 6.07) is 15.0. The van der Waals surface area contributed by atoms with Gasteiger partial charge in [-0.15, -0.1) is 0 Å². The van der Waals surface area contributed by atoms with Crippen molar-refractivity contribution in [2.75, 3.05) is 19.5 Å². The van der Waals surface area contributed by atoms with Crippen molar-refractivity contribution in [3.05, 3.63) is 65.2 Å². The lowest BCUT2D eigenvalue weighted by molar-refractivity contribution is -0.117. The average molecular weight is 338 g/mol. The Kier molecular flexibility index (Phi) is 5.14. The molecule has 25 heavy (non-hydrogen) atoms. The summed E-state index contributed by atoms with van der Waals surface area (Å²) in [5.41, 5.74) is 3.58. The zero-order chi connectivity index (χ0) is 17.8. The van der Waals surface area contributed by atoms with Crippen molar-refractivity contribution >= 4 is 17.5 Å². The van der Waals surface area contributed by atoms with E-state index in [1.807, 2.05) is 18.2 Å². The number of anilines is 1. The topological polar surface area (TPSA) is 58.6 Å². The van der Waals surface area contributed by atoms with Crippen LogP contribution in [0, 0.1) is 0 Å². The molecule has 0 saturated carbocycles. The van der Waals surface area contributed by atoms with E-state index in [4.69, 9.17) is 4.84 Å². The summed E-state index contributed by atoms with van der Waals surface area (Å²) in [6.07, 6.45) is 2.91. The standard InChI is InChI=1S/C20H22N2O3/c1-22(25-2)20(24)15-10-12-16(13-11-15)21-19(23)18-9-5-7-14-6-3-4-8-17(14)18/h3-4,6,8,10-13,18H,5,7,9H2,1-2H3,(H,21,23)/t18-/m0/s1. The smallest absolute Gasteiger partial charge is 0.277 e. The highest BCUT2D eigenvalue weighted by molar-refractivity contribution is 5.97. The van der Waals surface area contributed by atoms with E-state index in [9.17, 15) is 9.59 Å². The van der Waals surface area contributed by atoms with E-state index in [0.717, 1.165) is 29.9 Å². The Bertz CT molecular complexity index is 771. The number of nitrogens with zero attached hydrogens (tertiary/aromatic N) is 1. The van der Waals surface area contributed by atoms with E-state index in [2.05, 4.69) is 11.4 Å². The molecule has 1 aliphatic rings. The molecular weight excluding hydrogens is 316 g/mol. The van der Waals surface area contributed by atoms with Gasteiger partial charge in [0.1, 0.15) is 0 Å². The van der Waals surface area contributed by atoms with Gasteiger partial charge in [0.2, 0.25) is 5.91 Å². The minimum Gasteiger partial charge on any atom is -0.326 e. The summed E-state index contributed by atoms with van der Waals surface area (Å²) in [4.78, 5) is 29.6. The SMILES string of the molecule is CON(C)C(=O)c1ccc(NC(=O)[C@H]2CCCc3ccccc32)cc1. The highest BCUT2D eigenvalue weighted by Crippen LogP contribution is 2.32. The molecule has 2 amide bonds. The van der Waals surface area contributed by atoms with Gasteiger partial charge < -0.3 is 5.32 Å². The van der Waals surface area contributed by atoms with Gasteiger partial charge >= 0.3 is 0 Å². The predicted molar refractivity (Wildman–Crippen MR) is 96.3 cm³/mol. The van der Waals surface area contributed by atoms with Gasteiger partial charge in [0, 0.05) is 18.3 Å². The minimum absolute atomic E-state index is 0.000219. The van der Waals surface area contributed by atoms with Crippen molar-refractivity contribution in [1.29, 1.82) is 0 Å². The van der Waals surface area contributed by atoms with Crippen molar-refractivity contribution in [2.45, 2.75) is 25.2 Å². The largest absolute Gasteiger partial charge is 0.326 e. The minimum atomic E-state index is -0.235. The maximum atomic E-state index is 12.7. The Hall–Kier alpha value is -2.66. The molecule has 0 aliphatic heterocycles. The van der Waals surface area contributed by atoms with Gasteiger partial charge in [0.15, 0.2) is 0 Å². The van der Waals surface area contributed by atoms with Crippen LogP contribution in [0.4, 0.5) is 5.69 Å². The fourth-order valence-electron chi connectivity index (χ4n) is 3.22. The molecule has 2 aromatic carbocycles. The van der Waals surface area contributed by atoms with Gasteiger partial charge in [-0.05, 0) is 54.7 Å². The number of amides is 2. The number of carbonyl (C=O) groups is 2. The number of benzene rings is 2. The molecule has 1 aliphatic carbocycles. The van der Waals surface area contributed by atoms with E-state index in [1.165, 1.54) is 12.7 Å². The van der Waals surface area contributed by atoms with Crippen LogP contribution in [0.3, 0.4) is 0 Å². The van der Waals surface area contributed by atoms with Gasteiger partial charge in [0.25, 0.3) is 5.91 Å². The second-order valence-corrected chi connectivity index (χ2v) is 6.20. The fourth-order valence-corrected chi connectivity index (χ4v) is 3.22. The molecule has 0 heterocycles. The Balaban J connectivity index is 1.71. The van der Waals surface area contributed by atoms with Crippen molar-refractivity contribution < 1.29 is 14.4 Å². The van der Waals surface area contributed by atoms with Crippen molar-refractivity contribution in [2.24, 2.45) is 0 Å². The molecule has 130 valence electrons. The summed E-state index contributed by atoms with van der Waals surface area (Å²) in [6.45, 7) is 0. The number of carbonyl (C=O) groups excluding carboxylic acids is 2. The number of hydroxylamine groups is 2. The summed E-state index contributed by atoms with van der Waals surface area (Å²) in [5.74, 6) is -0.354. The third-order valence-corrected chi connectivity index (χ3v) is 4.65. The number of rotatable bonds is 4. The summed E-state index contributed by atoms with van der Waals surface area (Å²) >= 11 is 0. The molecule has 0 bridgehead atoms. The van der Waals surface area contributed by atoms with Gasteiger partial charge in [-0.2, -0.15) is 0 Å². The third kappa shape index (κ3) is 3.72. The van der Waals surface area contributed by atoms with E-state index < -0.39 is 0 Å². The molecule has 0 saturated heterocycles. The van der Waals surface area contributed by atoms with E-state index in [-0.39, 0.29) is 17.7 Å². The van der Waals surface area contributed by atoms with Crippen LogP contribution in [-0.2, 0) is 16.1 Å². The highest BCUT2D eigenvalue weighted by atomic mass is 16.7. The van der Waals surface area contributed by atoms with Crippen molar-refractivity contribution in [3.63, 3.8) is 0 Å². The molecule has 0 fully saturated rings. The average Bonchev–Trinajstić information content (AvgIpc) is 2.66. The molecule has 1 N–H and O–H groups in total. The van der Waals surface area contributed by atoms with Crippen LogP contribution in [0.2, 0.25) is 0 Å². The molecule has 3 rings (SSSR count). The van der Waals surface area contributed by atoms with Gasteiger partial charge in [-0.3, -0.25) is 14.4 Å². The fraction of sp³-hybridized carbons (Fsp3) is 0.300. The number of nitrogens with one attached hydrogen (secondary N) is 1. The second-order valence-electron chi connectivity index (χ2n) is 6.20. The number of hydrogen-bond donors (Lipinski definition) is 1. The molecule has 0 radical (unpaired) electrons. The predicted octanol–water partition coefficient (Wildman–Crippen LogP) is 3.38. The summed E-state index contributed by atoms with van der Waals surface area (Å²) in [7, 11) is 2.99. The second kappa shape index (κ2) is 7.49. The molecule has 0 aromatic heterocycles. The van der Waals surface area contributed by atoms with Gasteiger partial charge in [0.05, 0.1) is 13.0 Å². The number of fused-ring (bicyclic) bond motifs is 1. The molecule has 5 nitrogen and oxygen atoms in total. The Labute approximate surface area is 147 Å². The Morgan fingerprint density at radius 2 is 1.84 bits per heavy atom. The zero-order valence-electron chi connectivity index (χ0n) is 14.5. The monoisotopic (exact) mass is 338 g/mol. The molecule has 0 spiro atoms. The lowest BCUT2D eigenvalue weighted by Crippen LogP contribution is -2.26. The van der Waals surface area contributed by atoms with E-state index >= 15 is 0 Å². The van der Waals surface area contributed by atoms with Crippen LogP contribution >= 0.6 is 0 Å². The quantitative estimate of drug-likeness (QED) is 0.870. The first kappa shape index (κ1) is 17.2. The Morgan fingerprint density at radius 3 is 2.56 bits per heavy atom. The normalized spacial score (nSPS) is 16.0. The highest BCUT2D eigenvalue weighted by Gasteiger charge is 2.26. The molecule has 2 aromatic rings. The van der Waals surface area contributed by atoms with Crippen LogP contribution in [0.25, 0.3) is 0 Å². The lowest BCUT2D eigenvalue weighted by Gasteiger charge is -2.24. The zero-order valence-corrected chi connectivity index (χ0v) is 14.5. The Morgan fingerprint density at radius 1 is 1.12 bits per heavy atom. The molecule has 1 atom stereocenters. The van der Waals surface area contributed by atoms with Gasteiger partial charge in [-0.1, -0.05) is 24.3 Å². The van der Waals surface area contributed by atoms with Crippen molar-refractivity contribution in [3.8, 4) is 0 Å². The third-order valence-electron chi connectivity index (χ3n) is 4.65. The van der Waals surface area contributed by atoms with Crippen LogP contribution in [0.15, 0.2) is 48.5 Å². The maximum absolute atomic E-state index is 12.7. The first-order valence-corrected chi connectivity index (χ1v) is 8.41. The maximum Gasteiger partial charge on any atom is 0.277 e. The van der Waals surface area contributed by atoms with E-state index in [1.54, 1.807) is 31.3 Å². The van der Waals surface area contributed by atoms with Crippen molar-refractivity contribution in [1.82, 2.24) is 5.06 Å². The van der Waals surface area contributed by atoms with Crippen LogP contribution in [0.1, 0.15) is 40.2 Å². The van der Waals surface area contributed by atoms with Crippen LogP contribution in [0.5, 0.6) is 0 Å². The van der Waals surface area contributed by atoms with Gasteiger partial charge in [-0.25, -0.2) is 5.06 Å². The summed E-state index contributed by atoms with van der Waals surface area (Å²) in [5, 5.41) is 4.13. The molecule has 0 unspecified atom stereocenters. The molecular formula is C20H22N2O3. The molecule has 5 heteroatoms. The summed E-state index contributed by atoms with van der Waals surface area (Å²) < 4.78 is 0. The van der Waals surface area contributed by atoms with Crippen LogP contribution < -0.4 is 5.32 Å². The first-order chi connectivity index (χ1) is 12.1. The lowest BCUT2D eigenvalue weighted by atomic mass is 9.82. The van der Waals surface area contributed by atoms with Crippen LogP contribution in [-0.4, -0.2) is 31.0 Å². The first-order valence-electron chi connectivity index (χ1n) is 8.41. The van der Waals surface area contributed by atoms with E-state index in [0.29, 0.717) is 11.3 Å². The number of hydrogen-bond acceptors (Lipinski definition) is 3. The number of aryl methyl sites for hydroxylation is 1.